The van der Waals surface area contributed by atoms with Gasteiger partial charge in [-0.15, -0.1) is 0 Å². The summed E-state index contributed by atoms with van der Waals surface area (Å²) in [4.78, 5) is 4.19. The molecule has 1 fully saturated rings. The molecule has 0 aromatic carbocycles. The molecule has 0 heterocycles. The van der Waals surface area contributed by atoms with Gasteiger partial charge >= 0.3 is 0 Å². The van der Waals surface area contributed by atoms with Gasteiger partial charge in [-0.05, 0) is 24.7 Å². The predicted molar refractivity (Wildman–Crippen MR) is 72.3 cm³/mol. The number of rotatable bonds is 7. The third kappa shape index (κ3) is 6.51. The van der Waals surface area contributed by atoms with E-state index in [1.165, 1.54) is 6.42 Å². The average Bonchev–Trinajstić information content (AvgIpc) is 2.97. The number of guanidine groups is 1. The zero-order valence-corrected chi connectivity index (χ0v) is 11.6. The van der Waals surface area contributed by atoms with Crippen LogP contribution in [0.4, 0.5) is 0 Å². The Morgan fingerprint density at radius 1 is 1.41 bits per heavy atom. The van der Waals surface area contributed by atoms with E-state index in [-0.39, 0.29) is 0 Å². The minimum atomic E-state index is 0.614. The van der Waals surface area contributed by atoms with Crippen LogP contribution in [0.5, 0.6) is 0 Å². The van der Waals surface area contributed by atoms with E-state index in [2.05, 4.69) is 36.4 Å². The Morgan fingerprint density at radius 3 is 2.65 bits per heavy atom. The Kier molecular flexibility index (Phi) is 6.34. The second kappa shape index (κ2) is 7.54. The van der Waals surface area contributed by atoms with E-state index in [9.17, 15) is 0 Å². The van der Waals surface area contributed by atoms with Crippen LogP contribution in [0.25, 0.3) is 0 Å². The summed E-state index contributed by atoms with van der Waals surface area (Å²) >= 11 is 0. The molecule has 4 nitrogen and oxygen atoms in total. The monoisotopic (exact) mass is 241 g/mol. The summed E-state index contributed by atoms with van der Waals surface area (Å²) in [5.74, 6) is 2.40. The summed E-state index contributed by atoms with van der Waals surface area (Å²) in [6, 6.07) is 0.614. The maximum atomic E-state index is 5.54. The summed E-state index contributed by atoms with van der Waals surface area (Å²) in [6.07, 6.45) is 2.39. The van der Waals surface area contributed by atoms with Crippen LogP contribution in [0.1, 0.15) is 33.6 Å². The second-order valence-corrected chi connectivity index (χ2v) is 5.26. The standard InChI is InChI=1S/C13H27N3O/c1-10(2)5-7-17-8-6-15-13(14-4)16-12-9-11(12)3/h10-12H,5-9H2,1-4H3,(H2,14,15,16). The second-order valence-electron chi connectivity index (χ2n) is 5.26. The van der Waals surface area contributed by atoms with E-state index in [0.29, 0.717) is 12.0 Å². The highest BCUT2D eigenvalue weighted by atomic mass is 16.5. The molecule has 0 spiro atoms. The molecule has 2 N–H and O–H groups in total. The Balaban J connectivity index is 1.96. The number of ether oxygens (including phenoxy) is 1. The molecule has 2 atom stereocenters. The van der Waals surface area contributed by atoms with Crippen LogP contribution in [0, 0.1) is 11.8 Å². The molecule has 0 aromatic rings. The van der Waals surface area contributed by atoms with Crippen LogP contribution in [0.15, 0.2) is 4.99 Å². The normalized spacial score (nSPS) is 23.9. The fraction of sp³-hybridized carbons (Fsp3) is 0.923. The zero-order valence-electron chi connectivity index (χ0n) is 11.6. The number of hydrogen-bond donors (Lipinski definition) is 2. The zero-order chi connectivity index (χ0) is 12.7. The van der Waals surface area contributed by atoms with Crippen molar-refractivity contribution in [2.24, 2.45) is 16.8 Å². The molecule has 1 aliphatic rings. The van der Waals surface area contributed by atoms with Crippen molar-refractivity contribution in [1.29, 1.82) is 0 Å². The number of nitrogens with one attached hydrogen (secondary N) is 2. The van der Waals surface area contributed by atoms with Gasteiger partial charge in [0, 0.05) is 26.2 Å². The van der Waals surface area contributed by atoms with Gasteiger partial charge in [0.05, 0.1) is 6.61 Å². The van der Waals surface area contributed by atoms with Crippen LogP contribution in [0.2, 0.25) is 0 Å². The first-order chi connectivity index (χ1) is 8.13. The van der Waals surface area contributed by atoms with Crippen molar-refractivity contribution in [3.05, 3.63) is 0 Å². The maximum Gasteiger partial charge on any atom is 0.191 e. The van der Waals surface area contributed by atoms with E-state index in [4.69, 9.17) is 4.74 Å². The number of aliphatic imine (C=N–C) groups is 1. The molecular weight excluding hydrogens is 214 g/mol. The number of hydrogen-bond acceptors (Lipinski definition) is 2. The molecule has 17 heavy (non-hydrogen) atoms. The predicted octanol–water partition coefficient (Wildman–Crippen LogP) is 1.62. The number of nitrogens with zero attached hydrogens (tertiary/aromatic N) is 1. The summed E-state index contributed by atoms with van der Waals surface area (Å²) in [5, 5.41) is 6.65. The molecule has 100 valence electrons. The van der Waals surface area contributed by atoms with Crippen LogP contribution < -0.4 is 10.6 Å². The van der Waals surface area contributed by atoms with E-state index in [1.807, 2.05) is 7.05 Å². The molecule has 0 bridgehead atoms. The Morgan fingerprint density at radius 2 is 2.12 bits per heavy atom. The highest BCUT2D eigenvalue weighted by Crippen LogP contribution is 2.28. The molecule has 0 radical (unpaired) electrons. The fourth-order valence-electron chi connectivity index (χ4n) is 1.56. The molecule has 1 saturated carbocycles. The molecule has 0 amide bonds. The van der Waals surface area contributed by atoms with E-state index >= 15 is 0 Å². The van der Waals surface area contributed by atoms with Crippen molar-refractivity contribution in [2.45, 2.75) is 39.7 Å². The van der Waals surface area contributed by atoms with Crippen molar-refractivity contribution >= 4 is 5.96 Å². The van der Waals surface area contributed by atoms with E-state index in [0.717, 1.165) is 38.1 Å². The van der Waals surface area contributed by atoms with Crippen molar-refractivity contribution in [3.63, 3.8) is 0 Å². The van der Waals surface area contributed by atoms with Crippen molar-refractivity contribution in [1.82, 2.24) is 10.6 Å². The van der Waals surface area contributed by atoms with Gasteiger partial charge in [-0.3, -0.25) is 4.99 Å². The largest absolute Gasteiger partial charge is 0.380 e. The smallest absolute Gasteiger partial charge is 0.191 e. The molecule has 0 saturated heterocycles. The first kappa shape index (κ1) is 14.3. The lowest BCUT2D eigenvalue weighted by atomic mass is 10.1. The first-order valence-corrected chi connectivity index (χ1v) is 6.68. The highest BCUT2D eigenvalue weighted by molar-refractivity contribution is 5.80. The highest BCUT2D eigenvalue weighted by Gasteiger charge is 2.33. The quantitative estimate of drug-likeness (QED) is 0.404. The SMILES string of the molecule is CN=C(NCCOCCC(C)C)NC1CC1C. The van der Waals surface area contributed by atoms with Gasteiger partial charge in [-0.2, -0.15) is 0 Å². The Hall–Kier alpha value is -0.770. The van der Waals surface area contributed by atoms with E-state index in [1.54, 1.807) is 0 Å². The lowest BCUT2D eigenvalue weighted by Crippen LogP contribution is -2.40. The maximum absolute atomic E-state index is 5.54. The molecule has 2 unspecified atom stereocenters. The van der Waals surface area contributed by atoms with Gasteiger partial charge in [0.2, 0.25) is 0 Å². The average molecular weight is 241 g/mol. The van der Waals surface area contributed by atoms with Crippen molar-refractivity contribution in [2.75, 3.05) is 26.8 Å². The van der Waals surface area contributed by atoms with Crippen LogP contribution >= 0.6 is 0 Å². The Bertz CT molecular complexity index is 241. The minimum Gasteiger partial charge on any atom is -0.380 e. The topological polar surface area (TPSA) is 45.7 Å². The third-order valence-electron chi connectivity index (χ3n) is 3.03. The van der Waals surface area contributed by atoms with Crippen LogP contribution in [-0.4, -0.2) is 38.8 Å². The lowest BCUT2D eigenvalue weighted by molar-refractivity contribution is 0.128. The van der Waals surface area contributed by atoms with E-state index < -0.39 is 0 Å². The minimum absolute atomic E-state index is 0.614. The van der Waals surface area contributed by atoms with Gasteiger partial charge in [0.1, 0.15) is 0 Å². The summed E-state index contributed by atoms with van der Waals surface area (Å²) in [7, 11) is 1.81. The lowest BCUT2D eigenvalue weighted by Gasteiger charge is -2.12. The molecule has 0 aliphatic heterocycles. The summed E-state index contributed by atoms with van der Waals surface area (Å²) in [5.41, 5.74) is 0. The van der Waals surface area contributed by atoms with Gasteiger partial charge in [-0.25, -0.2) is 0 Å². The van der Waals surface area contributed by atoms with Gasteiger partial charge in [0.25, 0.3) is 0 Å². The third-order valence-corrected chi connectivity index (χ3v) is 3.03. The van der Waals surface area contributed by atoms with Gasteiger partial charge < -0.3 is 15.4 Å². The molecule has 0 aromatic heterocycles. The van der Waals surface area contributed by atoms with Crippen LogP contribution in [0.3, 0.4) is 0 Å². The summed E-state index contributed by atoms with van der Waals surface area (Å²) in [6.45, 7) is 9.09. The molecule has 1 aliphatic carbocycles. The molecule has 1 rings (SSSR count). The van der Waals surface area contributed by atoms with Gasteiger partial charge in [-0.1, -0.05) is 20.8 Å². The molecule has 4 heteroatoms. The van der Waals surface area contributed by atoms with Crippen molar-refractivity contribution in [3.8, 4) is 0 Å². The summed E-state index contributed by atoms with van der Waals surface area (Å²) < 4.78 is 5.54. The Labute approximate surface area is 105 Å². The van der Waals surface area contributed by atoms with Gasteiger partial charge in [0.15, 0.2) is 5.96 Å². The molecular formula is C13H27N3O. The van der Waals surface area contributed by atoms with Crippen molar-refractivity contribution < 1.29 is 4.74 Å². The fourth-order valence-corrected chi connectivity index (χ4v) is 1.56. The van der Waals surface area contributed by atoms with Crippen LogP contribution in [-0.2, 0) is 4.74 Å². The first-order valence-electron chi connectivity index (χ1n) is 6.68.